The highest BCUT2D eigenvalue weighted by Gasteiger charge is 2.20. The molecular weight excluding hydrogens is 393 g/mol. The molecule has 0 spiro atoms. The number of ether oxygens (including phenoxy) is 1. The lowest BCUT2D eigenvalue weighted by atomic mass is 10.1. The maximum Gasteiger partial charge on any atom is 0.407 e. The lowest BCUT2D eigenvalue weighted by molar-refractivity contribution is 0.0522. The predicted molar refractivity (Wildman–Crippen MR) is 93.8 cm³/mol. The number of benzene rings is 1. The molecule has 1 unspecified atom stereocenters. The average molecular weight is 413 g/mol. The van der Waals surface area contributed by atoms with Gasteiger partial charge in [-0.25, -0.2) is 9.78 Å². The number of imidazole rings is 1. The van der Waals surface area contributed by atoms with Crippen molar-refractivity contribution in [3.8, 4) is 0 Å². The van der Waals surface area contributed by atoms with E-state index in [1.54, 1.807) is 12.5 Å². The zero-order valence-electron chi connectivity index (χ0n) is 12.9. The van der Waals surface area contributed by atoms with E-state index < -0.39 is 11.7 Å². The molecule has 0 saturated carbocycles. The molecule has 1 aromatic carbocycles. The fourth-order valence-electron chi connectivity index (χ4n) is 2.07. The van der Waals surface area contributed by atoms with Crippen molar-refractivity contribution in [2.45, 2.75) is 32.4 Å². The van der Waals surface area contributed by atoms with Gasteiger partial charge in [0.15, 0.2) is 0 Å². The van der Waals surface area contributed by atoms with Crippen molar-refractivity contribution in [1.82, 2.24) is 14.9 Å². The van der Waals surface area contributed by atoms with Gasteiger partial charge in [0, 0.05) is 22.5 Å². The highest BCUT2D eigenvalue weighted by Crippen LogP contribution is 2.23. The summed E-state index contributed by atoms with van der Waals surface area (Å²) in [5, 5.41) is 2.84. The molecule has 0 aliphatic heterocycles. The molecule has 1 heterocycles. The molecule has 1 aromatic heterocycles. The highest BCUT2D eigenvalue weighted by atomic mass is 127. The second-order valence-electron chi connectivity index (χ2n) is 5.93. The van der Waals surface area contributed by atoms with E-state index in [-0.39, 0.29) is 6.04 Å². The monoisotopic (exact) mass is 413 g/mol. The number of carbonyl (C=O) groups excluding carboxylic acids is 1. The molecule has 2 aromatic rings. The summed E-state index contributed by atoms with van der Waals surface area (Å²) in [5.74, 6) is 0. The fourth-order valence-corrected chi connectivity index (χ4v) is 2.82. The van der Waals surface area contributed by atoms with Crippen LogP contribution < -0.4 is 5.32 Å². The number of rotatable bonds is 4. The third kappa shape index (κ3) is 4.72. The van der Waals surface area contributed by atoms with Crippen LogP contribution in [0.3, 0.4) is 0 Å². The van der Waals surface area contributed by atoms with Crippen molar-refractivity contribution in [1.29, 1.82) is 0 Å². The number of carbonyl (C=O) groups is 1. The minimum Gasteiger partial charge on any atom is -0.444 e. The third-order valence-electron chi connectivity index (χ3n) is 2.99. The summed E-state index contributed by atoms with van der Waals surface area (Å²) in [6.45, 7) is 5.98. The van der Waals surface area contributed by atoms with Crippen molar-refractivity contribution >= 4 is 28.7 Å². The van der Waals surface area contributed by atoms with Crippen LogP contribution in [-0.4, -0.2) is 27.8 Å². The fraction of sp³-hybridized carbons (Fsp3) is 0.375. The van der Waals surface area contributed by atoms with Gasteiger partial charge in [-0.05, 0) is 55.0 Å². The summed E-state index contributed by atoms with van der Waals surface area (Å²) >= 11 is 2.30. The van der Waals surface area contributed by atoms with Gasteiger partial charge in [0.1, 0.15) is 5.60 Å². The first-order valence-electron chi connectivity index (χ1n) is 7.05. The van der Waals surface area contributed by atoms with E-state index in [0.717, 1.165) is 9.13 Å². The van der Waals surface area contributed by atoms with Crippen molar-refractivity contribution < 1.29 is 9.53 Å². The SMILES string of the molecule is CC(C)(C)OC(=O)NCC(c1ccccc1I)n1ccnc1. The number of aromatic nitrogens is 2. The number of amides is 1. The number of nitrogens with zero attached hydrogens (tertiary/aromatic N) is 2. The second kappa shape index (κ2) is 7.13. The van der Waals surface area contributed by atoms with Crippen molar-refractivity contribution in [2.24, 2.45) is 0 Å². The summed E-state index contributed by atoms with van der Waals surface area (Å²) in [7, 11) is 0. The Labute approximate surface area is 144 Å². The first-order valence-corrected chi connectivity index (χ1v) is 8.13. The normalized spacial score (nSPS) is 12.7. The summed E-state index contributed by atoms with van der Waals surface area (Å²) in [4.78, 5) is 16.0. The minimum absolute atomic E-state index is 0.0249. The molecule has 5 nitrogen and oxygen atoms in total. The Bertz CT molecular complexity index is 621. The zero-order valence-corrected chi connectivity index (χ0v) is 15.1. The average Bonchev–Trinajstić information content (AvgIpc) is 2.93. The summed E-state index contributed by atoms with van der Waals surface area (Å²) in [6, 6.07) is 8.08. The molecule has 0 aliphatic carbocycles. The van der Waals surface area contributed by atoms with Gasteiger partial charge >= 0.3 is 6.09 Å². The Morgan fingerprint density at radius 3 is 2.73 bits per heavy atom. The van der Waals surface area contributed by atoms with Crippen LogP contribution in [0.2, 0.25) is 0 Å². The van der Waals surface area contributed by atoms with Gasteiger partial charge in [0.25, 0.3) is 0 Å². The molecule has 1 amide bonds. The van der Waals surface area contributed by atoms with E-state index in [4.69, 9.17) is 4.74 Å². The van der Waals surface area contributed by atoms with Gasteiger partial charge < -0.3 is 14.6 Å². The van der Waals surface area contributed by atoms with Crippen LogP contribution in [0.5, 0.6) is 0 Å². The molecule has 1 N–H and O–H groups in total. The van der Waals surface area contributed by atoms with Gasteiger partial charge in [0.05, 0.1) is 12.4 Å². The van der Waals surface area contributed by atoms with Crippen molar-refractivity contribution in [3.63, 3.8) is 0 Å². The van der Waals surface area contributed by atoms with E-state index in [1.807, 2.05) is 49.7 Å². The van der Waals surface area contributed by atoms with Gasteiger partial charge in [-0.3, -0.25) is 0 Å². The number of nitrogens with one attached hydrogen (secondary N) is 1. The molecule has 0 radical (unpaired) electrons. The van der Waals surface area contributed by atoms with E-state index in [9.17, 15) is 4.79 Å². The van der Waals surface area contributed by atoms with Crippen LogP contribution in [0.1, 0.15) is 32.4 Å². The van der Waals surface area contributed by atoms with Gasteiger partial charge in [0.2, 0.25) is 0 Å². The molecule has 1 atom stereocenters. The lowest BCUT2D eigenvalue weighted by Gasteiger charge is -2.23. The van der Waals surface area contributed by atoms with Gasteiger partial charge in [-0.1, -0.05) is 18.2 Å². The van der Waals surface area contributed by atoms with Crippen LogP contribution in [0.4, 0.5) is 4.79 Å². The van der Waals surface area contributed by atoms with Crippen molar-refractivity contribution in [2.75, 3.05) is 6.54 Å². The van der Waals surface area contributed by atoms with Crippen LogP contribution in [0.15, 0.2) is 43.0 Å². The van der Waals surface area contributed by atoms with Gasteiger partial charge in [-0.2, -0.15) is 0 Å². The van der Waals surface area contributed by atoms with E-state index in [2.05, 4.69) is 39.0 Å². The van der Waals surface area contributed by atoms with E-state index >= 15 is 0 Å². The highest BCUT2D eigenvalue weighted by molar-refractivity contribution is 14.1. The molecule has 0 aliphatic rings. The van der Waals surface area contributed by atoms with Crippen LogP contribution >= 0.6 is 22.6 Å². The first-order chi connectivity index (χ1) is 10.4. The van der Waals surface area contributed by atoms with Crippen LogP contribution in [0, 0.1) is 3.57 Å². The maximum absolute atomic E-state index is 11.9. The van der Waals surface area contributed by atoms with Crippen molar-refractivity contribution in [3.05, 3.63) is 52.1 Å². The van der Waals surface area contributed by atoms with E-state index in [0.29, 0.717) is 6.54 Å². The Morgan fingerprint density at radius 1 is 1.41 bits per heavy atom. The summed E-state index contributed by atoms with van der Waals surface area (Å²) < 4.78 is 8.42. The molecule has 22 heavy (non-hydrogen) atoms. The smallest absolute Gasteiger partial charge is 0.407 e. The number of hydrogen-bond donors (Lipinski definition) is 1. The Balaban J connectivity index is 2.14. The third-order valence-corrected chi connectivity index (χ3v) is 3.97. The lowest BCUT2D eigenvalue weighted by Crippen LogP contribution is -2.36. The zero-order chi connectivity index (χ0) is 16.2. The van der Waals surface area contributed by atoms with Crippen LogP contribution in [0.25, 0.3) is 0 Å². The molecule has 6 heteroatoms. The molecule has 2 rings (SSSR count). The Morgan fingerprint density at radius 2 is 2.14 bits per heavy atom. The summed E-state index contributed by atoms with van der Waals surface area (Å²) in [5.41, 5.74) is 0.632. The topological polar surface area (TPSA) is 56.1 Å². The minimum atomic E-state index is -0.504. The number of halogens is 1. The molecule has 118 valence electrons. The molecule has 0 bridgehead atoms. The molecule has 0 fully saturated rings. The summed E-state index contributed by atoms with van der Waals surface area (Å²) in [6.07, 6.45) is 4.97. The Kier molecular flexibility index (Phi) is 5.44. The second-order valence-corrected chi connectivity index (χ2v) is 7.09. The number of hydrogen-bond acceptors (Lipinski definition) is 3. The quantitative estimate of drug-likeness (QED) is 0.780. The largest absolute Gasteiger partial charge is 0.444 e. The molecule has 0 saturated heterocycles. The predicted octanol–water partition coefficient (Wildman–Crippen LogP) is 3.60. The van der Waals surface area contributed by atoms with E-state index in [1.165, 1.54) is 0 Å². The standard InChI is InChI=1S/C16H20IN3O2/c1-16(2,3)22-15(21)19-10-14(20-9-8-18-11-20)12-6-4-5-7-13(12)17/h4-9,11,14H,10H2,1-3H3,(H,19,21). The molecular formula is C16H20IN3O2. The maximum atomic E-state index is 11.9. The Hall–Kier alpha value is -1.57. The first kappa shape index (κ1) is 16.8. The number of alkyl carbamates (subject to hydrolysis) is 1. The van der Waals surface area contributed by atoms with Crippen LogP contribution in [-0.2, 0) is 4.74 Å². The van der Waals surface area contributed by atoms with Gasteiger partial charge in [-0.15, -0.1) is 0 Å².